The predicted molar refractivity (Wildman–Crippen MR) is 73.5 cm³/mol. The first-order valence-corrected chi connectivity index (χ1v) is 6.43. The summed E-state index contributed by atoms with van der Waals surface area (Å²) >= 11 is 0. The van der Waals surface area contributed by atoms with Gasteiger partial charge < -0.3 is 10.6 Å². The smallest absolute Gasteiger partial charge is 0.326 e. The summed E-state index contributed by atoms with van der Waals surface area (Å²) in [6.07, 6.45) is -3.62. The van der Waals surface area contributed by atoms with Gasteiger partial charge in [0, 0.05) is 20.3 Å². The molecule has 1 aromatic carbocycles. The largest absolute Gasteiger partial charge is 0.416 e. The van der Waals surface area contributed by atoms with E-state index in [1.54, 1.807) is 6.07 Å². The van der Waals surface area contributed by atoms with Gasteiger partial charge in [0.1, 0.15) is 0 Å². The lowest BCUT2D eigenvalue weighted by molar-refractivity contribution is -0.137. The van der Waals surface area contributed by atoms with Gasteiger partial charge in [-0.2, -0.15) is 13.2 Å². The quantitative estimate of drug-likeness (QED) is 0.907. The van der Waals surface area contributed by atoms with Crippen LogP contribution >= 0.6 is 0 Å². The van der Waals surface area contributed by atoms with E-state index in [1.165, 1.54) is 6.07 Å². The van der Waals surface area contributed by atoms with Crippen LogP contribution in [-0.4, -0.2) is 30.9 Å². The lowest BCUT2D eigenvalue weighted by Crippen LogP contribution is -2.47. The monoisotopic (exact) mass is 292 g/mol. The molecule has 0 amide bonds. The van der Waals surface area contributed by atoms with Crippen LogP contribution in [0.2, 0.25) is 0 Å². The number of benzene rings is 1. The Morgan fingerprint density at radius 3 is 2.70 bits per heavy atom. The topological polar surface area (TPSA) is 29.3 Å². The Bertz CT molecular complexity index is 615. The Morgan fingerprint density at radius 2 is 2.05 bits per heavy atom. The average Bonchev–Trinajstić information content (AvgIpc) is 2.46. The van der Waals surface area contributed by atoms with Crippen molar-refractivity contribution in [3.63, 3.8) is 0 Å². The Morgan fingerprint density at radius 1 is 1.30 bits per heavy atom. The van der Waals surface area contributed by atoms with Crippen molar-refractivity contribution in [2.75, 3.05) is 14.0 Å². The van der Waals surface area contributed by atoms with Gasteiger partial charge in [-0.3, -0.25) is 0 Å². The molecule has 1 saturated carbocycles. The summed E-state index contributed by atoms with van der Waals surface area (Å²) in [5.41, 5.74) is 5.61. The highest BCUT2D eigenvalue weighted by Crippen LogP contribution is 2.37. The predicted octanol–water partition coefficient (Wildman–Crippen LogP) is 3.23. The van der Waals surface area contributed by atoms with E-state index in [0.29, 0.717) is 23.3 Å². The van der Waals surface area contributed by atoms with Crippen molar-refractivity contribution in [1.82, 2.24) is 4.90 Å². The van der Waals surface area contributed by atoms with E-state index in [1.807, 2.05) is 0 Å². The summed E-state index contributed by atoms with van der Waals surface area (Å²) in [5.74, 6) is -0.394. The zero-order chi connectivity index (χ0) is 19.9. The molecule has 1 fully saturated rings. The molecular weight excluding hydrogens is 265 g/mol. The minimum Gasteiger partial charge on any atom is -0.326 e. The fourth-order valence-corrected chi connectivity index (χ4v) is 2.74. The van der Waals surface area contributed by atoms with Crippen LogP contribution in [0, 0.1) is 0 Å². The molecule has 0 bridgehead atoms. The molecule has 1 aliphatic rings. The van der Waals surface area contributed by atoms with E-state index in [4.69, 9.17) is 14.0 Å². The van der Waals surface area contributed by atoms with Crippen LogP contribution in [0.1, 0.15) is 44.5 Å². The van der Waals surface area contributed by atoms with E-state index in [-0.39, 0.29) is 6.42 Å². The number of nitrogens with zero attached hydrogens (tertiary/aromatic N) is 1. The van der Waals surface area contributed by atoms with Crippen molar-refractivity contribution in [3.05, 3.63) is 35.4 Å². The minimum atomic E-state index is -4.48. The van der Waals surface area contributed by atoms with Crippen molar-refractivity contribution in [2.24, 2.45) is 5.73 Å². The van der Waals surface area contributed by atoms with Gasteiger partial charge in [-0.05, 0) is 50.8 Å². The molecule has 0 saturated heterocycles. The van der Waals surface area contributed by atoms with Crippen LogP contribution in [0.5, 0.6) is 0 Å². The minimum absolute atomic E-state index is 0.0687. The molecule has 5 heteroatoms. The van der Waals surface area contributed by atoms with E-state index in [2.05, 4.69) is 0 Å². The van der Waals surface area contributed by atoms with Gasteiger partial charge in [-0.15, -0.1) is 0 Å². The van der Waals surface area contributed by atoms with Crippen molar-refractivity contribution in [1.29, 1.82) is 0 Å². The second-order valence-electron chi connectivity index (χ2n) is 5.23. The van der Waals surface area contributed by atoms with Gasteiger partial charge >= 0.3 is 6.18 Å². The maximum atomic E-state index is 12.9. The summed E-state index contributed by atoms with van der Waals surface area (Å²) in [7, 11) is 0. The van der Waals surface area contributed by atoms with Gasteiger partial charge in [0.05, 0.1) is 5.56 Å². The van der Waals surface area contributed by atoms with E-state index in [9.17, 15) is 13.2 Å². The molecule has 0 aromatic heterocycles. The van der Waals surface area contributed by atoms with E-state index in [0.717, 1.165) is 12.1 Å². The highest BCUT2D eigenvalue weighted by Gasteiger charge is 2.33. The molecule has 2 rings (SSSR count). The second kappa shape index (κ2) is 5.74. The first-order valence-electron chi connectivity index (χ1n) is 9.43. The molecule has 0 heterocycles. The number of alkyl halides is 3. The third-order valence-corrected chi connectivity index (χ3v) is 3.89. The van der Waals surface area contributed by atoms with Gasteiger partial charge in [-0.25, -0.2) is 0 Å². The number of hydrogen-bond donors (Lipinski definition) is 1. The normalized spacial score (nSPS) is 33.5. The Balaban J connectivity index is 2.33. The lowest BCUT2D eigenvalue weighted by atomic mass is 9.78. The molecule has 2 nitrogen and oxygen atoms in total. The summed E-state index contributed by atoms with van der Waals surface area (Å²) in [6, 6.07) is 3.18. The molecule has 0 aliphatic heterocycles. The van der Waals surface area contributed by atoms with Gasteiger partial charge in [-0.1, -0.05) is 18.2 Å². The van der Waals surface area contributed by atoms with Crippen molar-refractivity contribution in [3.8, 4) is 0 Å². The maximum Gasteiger partial charge on any atom is 0.416 e. The van der Waals surface area contributed by atoms with Crippen LogP contribution in [0.25, 0.3) is 0 Å². The number of rotatable bonds is 2. The van der Waals surface area contributed by atoms with Gasteiger partial charge in [0.25, 0.3) is 0 Å². The fraction of sp³-hybridized carbons (Fsp3) is 0.600. The lowest BCUT2D eigenvalue weighted by Gasteiger charge is -2.38. The second-order valence-corrected chi connectivity index (χ2v) is 5.23. The van der Waals surface area contributed by atoms with Gasteiger partial charge in [0.15, 0.2) is 0 Å². The summed E-state index contributed by atoms with van der Waals surface area (Å²) in [6.45, 7) is -5.77. The standard InChI is InChI=1S/C15H21F3N2/c1-20(2)14-9-11(6-7-13(14)19)10-4-3-5-12(8-10)15(16,17)18/h3-5,8,11,13-14H,6-7,9,19H2,1-2H3/t11-,13-,14-/m0/s1/i1D3,2D3. The number of hydrogen-bond acceptors (Lipinski definition) is 2. The highest BCUT2D eigenvalue weighted by molar-refractivity contribution is 5.29. The number of likely N-dealkylation sites (N-methyl/N-ethyl adjacent to an activating group) is 1. The van der Waals surface area contributed by atoms with Crippen molar-refractivity contribution >= 4 is 0 Å². The Labute approximate surface area is 126 Å². The summed E-state index contributed by atoms with van der Waals surface area (Å²) in [4.78, 5) is 0.449. The molecule has 0 radical (unpaired) electrons. The van der Waals surface area contributed by atoms with Gasteiger partial charge in [0.2, 0.25) is 0 Å². The van der Waals surface area contributed by atoms with Crippen molar-refractivity contribution in [2.45, 2.75) is 43.4 Å². The number of nitrogens with two attached hydrogens (primary N) is 1. The zero-order valence-corrected chi connectivity index (χ0v) is 10.8. The fourth-order valence-electron chi connectivity index (χ4n) is 2.74. The Hall–Kier alpha value is -1.07. The van der Waals surface area contributed by atoms with Crippen LogP contribution in [0.4, 0.5) is 13.2 Å². The third-order valence-electron chi connectivity index (χ3n) is 3.89. The summed E-state index contributed by atoms with van der Waals surface area (Å²) in [5, 5.41) is 0. The molecule has 3 atom stereocenters. The van der Waals surface area contributed by atoms with Crippen molar-refractivity contribution < 1.29 is 21.4 Å². The number of halogens is 3. The van der Waals surface area contributed by atoms with E-state index < -0.39 is 43.7 Å². The average molecular weight is 292 g/mol. The molecule has 0 spiro atoms. The first-order chi connectivity index (χ1) is 11.7. The zero-order valence-electron chi connectivity index (χ0n) is 16.8. The van der Waals surface area contributed by atoms with Crippen LogP contribution in [0.15, 0.2) is 24.3 Å². The first kappa shape index (κ1) is 9.05. The molecule has 20 heavy (non-hydrogen) atoms. The van der Waals surface area contributed by atoms with Crippen LogP contribution in [-0.2, 0) is 6.18 Å². The highest BCUT2D eigenvalue weighted by atomic mass is 19.4. The van der Waals surface area contributed by atoms with Crippen LogP contribution < -0.4 is 5.73 Å². The molecule has 112 valence electrons. The molecule has 2 N–H and O–H groups in total. The SMILES string of the molecule is [2H]C([2H])([2H])N([C@H]1C[C@@H](c2cccc(C(F)(F)F)c2)CC[C@@H]1N)C([2H])([2H])[2H]. The Kier molecular flexibility index (Phi) is 2.60. The molecular formula is C15H21F3N2. The molecule has 0 unspecified atom stereocenters. The molecule has 1 aromatic rings. The van der Waals surface area contributed by atoms with E-state index >= 15 is 0 Å². The maximum absolute atomic E-state index is 12.9. The van der Waals surface area contributed by atoms with Crippen LogP contribution in [0.3, 0.4) is 0 Å². The summed E-state index contributed by atoms with van der Waals surface area (Å²) < 4.78 is 84.1. The molecule has 1 aliphatic carbocycles. The third kappa shape index (κ3) is 3.33.